The Hall–Kier alpha value is -3.03. The minimum Gasteiger partial charge on any atom is -0.471 e. The van der Waals surface area contributed by atoms with Crippen molar-refractivity contribution in [3.05, 3.63) is 34.1 Å². The first-order valence-corrected chi connectivity index (χ1v) is 11.9. The predicted molar refractivity (Wildman–Crippen MR) is 125 cm³/mol. The van der Waals surface area contributed by atoms with E-state index < -0.39 is 37.1 Å². The van der Waals surface area contributed by atoms with Crippen molar-refractivity contribution in [3.63, 3.8) is 0 Å². The van der Waals surface area contributed by atoms with Gasteiger partial charge in [-0.05, 0) is 66.2 Å². The number of rotatable bonds is 7. The summed E-state index contributed by atoms with van der Waals surface area (Å²) in [5, 5.41) is 5.74. The van der Waals surface area contributed by atoms with Crippen LogP contribution in [-0.2, 0) is 0 Å². The van der Waals surface area contributed by atoms with Gasteiger partial charge < -0.3 is 20.4 Å². The van der Waals surface area contributed by atoms with E-state index in [0.29, 0.717) is 10.3 Å². The molecule has 1 saturated carbocycles. The van der Waals surface area contributed by atoms with Crippen molar-refractivity contribution in [2.24, 2.45) is 5.92 Å². The topological polar surface area (TPSA) is 105 Å². The molecule has 1 aliphatic rings. The minimum atomic E-state index is -4.27. The van der Waals surface area contributed by atoms with Crippen LogP contribution in [-0.4, -0.2) is 51.1 Å². The molecule has 0 unspecified atom stereocenters. The molecule has 3 aromatic heterocycles. The van der Waals surface area contributed by atoms with Gasteiger partial charge in [-0.3, -0.25) is 4.79 Å². The number of fused-ring (bicyclic) bond motifs is 1. The highest BCUT2D eigenvalue weighted by Crippen LogP contribution is 2.37. The van der Waals surface area contributed by atoms with Crippen LogP contribution in [0.25, 0.3) is 11.2 Å². The molecule has 0 radical (unpaired) electrons. The number of H-pyrrole nitrogens is 1. The highest BCUT2D eigenvalue weighted by molar-refractivity contribution is 9.10. The van der Waals surface area contributed by atoms with Crippen molar-refractivity contribution >= 4 is 44.6 Å². The van der Waals surface area contributed by atoms with Crippen LogP contribution in [0.15, 0.2) is 22.9 Å². The second-order valence-electron chi connectivity index (χ2n) is 8.48. The van der Waals surface area contributed by atoms with Crippen LogP contribution in [0.3, 0.4) is 0 Å². The second kappa shape index (κ2) is 10.5. The Morgan fingerprint density at radius 1 is 1.25 bits per heavy atom. The van der Waals surface area contributed by atoms with Crippen molar-refractivity contribution in [1.29, 1.82) is 0 Å². The largest absolute Gasteiger partial charge is 0.471 e. The average Bonchev–Trinajstić information content (AvgIpc) is 3.20. The Balaban J connectivity index is 1.57. The summed E-state index contributed by atoms with van der Waals surface area (Å²) in [6.07, 6.45) is -5.35. The van der Waals surface area contributed by atoms with Crippen molar-refractivity contribution in [3.8, 4) is 5.88 Å². The number of alkyl halides is 5. The molecule has 0 atom stereocenters. The van der Waals surface area contributed by atoms with Crippen molar-refractivity contribution < 1.29 is 31.5 Å². The van der Waals surface area contributed by atoms with E-state index in [0.717, 1.165) is 5.56 Å². The molecular weight excluding hydrogens is 555 g/mol. The van der Waals surface area contributed by atoms with Crippen LogP contribution in [0, 0.1) is 12.8 Å². The fourth-order valence-electron chi connectivity index (χ4n) is 4.02. The number of carbonyl (C=O) groups excluding carboxylic acids is 1. The normalized spacial score (nSPS) is 18.4. The van der Waals surface area contributed by atoms with Crippen LogP contribution >= 0.6 is 15.9 Å². The highest BCUT2D eigenvalue weighted by Gasteiger charge is 2.41. The van der Waals surface area contributed by atoms with Gasteiger partial charge in [0.15, 0.2) is 12.3 Å². The number of aromatic nitrogens is 4. The molecule has 36 heavy (non-hydrogen) atoms. The Labute approximate surface area is 210 Å². The van der Waals surface area contributed by atoms with E-state index in [4.69, 9.17) is 4.74 Å². The summed E-state index contributed by atoms with van der Waals surface area (Å²) >= 11 is 3.35. The van der Waals surface area contributed by atoms with E-state index in [9.17, 15) is 26.7 Å². The zero-order chi connectivity index (χ0) is 26.0. The number of aryl methyl sites for hydroxylation is 1. The Morgan fingerprint density at radius 2 is 1.97 bits per heavy atom. The fourth-order valence-corrected chi connectivity index (χ4v) is 4.55. The molecule has 14 heteroatoms. The van der Waals surface area contributed by atoms with Crippen molar-refractivity contribution in [2.75, 3.05) is 11.9 Å². The molecule has 3 N–H and O–H groups in total. The lowest BCUT2D eigenvalue weighted by Crippen LogP contribution is -2.40. The van der Waals surface area contributed by atoms with Gasteiger partial charge in [-0.15, -0.1) is 0 Å². The highest BCUT2D eigenvalue weighted by atomic mass is 79.9. The smallest absolute Gasteiger partial charge is 0.391 e. The standard InChI is InChI=1S/C22H22BrF5N6O2/c1-10-6-7-29-17(23)16(10)32-21-31-14-8-13(20(33-18(14)34-21)36-9-15(24)25)19(35)30-12-4-2-11(3-5-12)22(26,27)28/h6-8,11-12,15H,2-5,9H2,1H3,(H,30,35)(H2,31,32,33,34)/t11-,12-. The third-order valence-corrected chi connectivity index (χ3v) is 6.51. The van der Waals surface area contributed by atoms with Gasteiger partial charge in [0, 0.05) is 12.2 Å². The number of nitrogens with zero attached hydrogens (tertiary/aromatic N) is 3. The molecule has 1 fully saturated rings. The third kappa shape index (κ3) is 6.02. The Bertz CT molecular complexity index is 1220. The Morgan fingerprint density at radius 3 is 2.61 bits per heavy atom. The molecule has 0 bridgehead atoms. The number of aromatic amines is 1. The average molecular weight is 577 g/mol. The maximum atomic E-state index is 13.0. The van der Waals surface area contributed by atoms with E-state index in [1.165, 1.54) is 6.07 Å². The van der Waals surface area contributed by atoms with Crippen LogP contribution in [0.1, 0.15) is 41.6 Å². The predicted octanol–water partition coefficient (Wildman–Crippen LogP) is 5.66. The molecule has 4 rings (SSSR count). The lowest BCUT2D eigenvalue weighted by Gasteiger charge is -2.30. The number of amides is 1. The van der Waals surface area contributed by atoms with E-state index >= 15 is 0 Å². The van der Waals surface area contributed by atoms with Gasteiger partial charge in [-0.1, -0.05) is 0 Å². The molecule has 194 valence electrons. The van der Waals surface area contributed by atoms with Gasteiger partial charge in [0.25, 0.3) is 12.3 Å². The van der Waals surface area contributed by atoms with Crippen LogP contribution in [0.2, 0.25) is 0 Å². The lowest BCUT2D eigenvalue weighted by atomic mass is 9.85. The monoisotopic (exact) mass is 576 g/mol. The first kappa shape index (κ1) is 26.0. The van der Waals surface area contributed by atoms with E-state index in [1.54, 1.807) is 12.3 Å². The molecule has 8 nitrogen and oxygen atoms in total. The number of hydrogen-bond donors (Lipinski definition) is 3. The number of imidazole rings is 1. The molecule has 0 saturated heterocycles. The van der Waals surface area contributed by atoms with Gasteiger partial charge >= 0.3 is 6.18 Å². The number of anilines is 2. The summed E-state index contributed by atoms with van der Waals surface area (Å²) in [6, 6.07) is 2.64. The number of carbonyl (C=O) groups is 1. The molecular formula is C22H22BrF5N6O2. The van der Waals surface area contributed by atoms with Crippen molar-refractivity contribution in [1.82, 2.24) is 25.3 Å². The summed E-state index contributed by atoms with van der Waals surface area (Å²) in [6.45, 7) is 0.868. The zero-order valence-electron chi connectivity index (χ0n) is 18.9. The maximum absolute atomic E-state index is 13.0. The minimum absolute atomic E-state index is 0.0990. The number of hydrogen-bond acceptors (Lipinski definition) is 6. The van der Waals surface area contributed by atoms with Gasteiger partial charge in [0.2, 0.25) is 11.8 Å². The summed E-state index contributed by atoms with van der Waals surface area (Å²) in [4.78, 5) is 28.6. The Kier molecular flexibility index (Phi) is 7.62. The summed E-state index contributed by atoms with van der Waals surface area (Å²) in [7, 11) is 0. The summed E-state index contributed by atoms with van der Waals surface area (Å²) < 4.78 is 70.1. The zero-order valence-corrected chi connectivity index (χ0v) is 20.5. The summed E-state index contributed by atoms with van der Waals surface area (Å²) in [5.74, 6) is -2.16. The van der Waals surface area contributed by atoms with E-state index in [-0.39, 0.29) is 54.2 Å². The lowest BCUT2D eigenvalue weighted by molar-refractivity contribution is -0.182. The fraction of sp³-hybridized carbons (Fsp3) is 0.455. The van der Waals surface area contributed by atoms with Crippen molar-refractivity contribution in [2.45, 2.75) is 51.3 Å². The first-order valence-electron chi connectivity index (χ1n) is 11.1. The van der Waals surface area contributed by atoms with Gasteiger partial charge in [-0.25, -0.2) is 18.7 Å². The van der Waals surface area contributed by atoms with Crippen LogP contribution < -0.4 is 15.4 Å². The summed E-state index contributed by atoms with van der Waals surface area (Å²) in [5.41, 5.74) is 1.80. The van der Waals surface area contributed by atoms with Gasteiger partial charge in [-0.2, -0.15) is 18.2 Å². The van der Waals surface area contributed by atoms with Gasteiger partial charge in [0.1, 0.15) is 15.7 Å². The van der Waals surface area contributed by atoms with E-state index in [2.05, 4.69) is 46.5 Å². The molecule has 0 aromatic carbocycles. The first-order chi connectivity index (χ1) is 17.0. The maximum Gasteiger partial charge on any atom is 0.391 e. The van der Waals surface area contributed by atoms with Crippen LogP contribution in [0.5, 0.6) is 5.88 Å². The molecule has 1 amide bonds. The SMILES string of the molecule is Cc1ccnc(Br)c1Nc1nc2cc(C(=O)N[C@H]3CC[C@H](C(F)(F)F)CC3)c(OCC(F)F)nc2[nH]1. The van der Waals surface area contributed by atoms with Crippen LogP contribution in [0.4, 0.5) is 33.6 Å². The third-order valence-electron chi connectivity index (χ3n) is 5.91. The molecule has 0 aliphatic heterocycles. The quantitative estimate of drug-likeness (QED) is 0.247. The second-order valence-corrected chi connectivity index (χ2v) is 9.23. The number of halogens is 6. The van der Waals surface area contributed by atoms with E-state index in [1.807, 2.05) is 6.92 Å². The number of nitrogens with one attached hydrogen (secondary N) is 3. The number of ether oxygens (including phenoxy) is 1. The molecule has 1 aliphatic carbocycles. The van der Waals surface area contributed by atoms with Gasteiger partial charge in [0.05, 0.1) is 11.6 Å². The molecule has 3 aromatic rings. The number of pyridine rings is 2. The molecule has 3 heterocycles. The molecule has 0 spiro atoms.